The second kappa shape index (κ2) is 5.66. The topological polar surface area (TPSA) is 91.2 Å². The van der Waals surface area contributed by atoms with Crippen molar-refractivity contribution in [3.63, 3.8) is 0 Å². The third-order valence-electron chi connectivity index (χ3n) is 2.62. The maximum Gasteiger partial charge on any atom is 0.248 e. The summed E-state index contributed by atoms with van der Waals surface area (Å²) in [6.45, 7) is 1.84. The maximum absolute atomic E-state index is 11.0. The third kappa shape index (κ3) is 3.10. The van der Waals surface area contributed by atoms with E-state index in [1.807, 2.05) is 6.92 Å². The fourth-order valence-electron chi connectivity index (χ4n) is 1.60. The number of hydrogen-bond donors (Lipinski definition) is 2. The molecule has 0 spiro atoms. The SMILES string of the molecule is Cc1ccc(C(N)=S)c(Oc2ccc(C(N)=O)cc2)n1. The molecule has 0 aliphatic rings. The Balaban J connectivity index is 2.31. The molecule has 0 fully saturated rings. The van der Waals surface area contributed by atoms with Gasteiger partial charge in [-0.2, -0.15) is 0 Å². The molecule has 0 aliphatic carbocycles. The Morgan fingerprint density at radius 2 is 1.80 bits per heavy atom. The van der Waals surface area contributed by atoms with Gasteiger partial charge in [0.2, 0.25) is 11.8 Å². The standard InChI is InChI=1S/C14H13N3O2S/c1-8-2-7-11(13(16)20)14(17-8)19-10-5-3-9(4-6-10)12(15)18/h2-7H,1H3,(H2,15,18)(H2,16,20). The van der Waals surface area contributed by atoms with Crippen molar-refractivity contribution in [3.8, 4) is 11.6 Å². The first kappa shape index (κ1) is 14.0. The number of benzene rings is 1. The molecule has 0 unspecified atom stereocenters. The minimum absolute atomic E-state index is 0.209. The summed E-state index contributed by atoms with van der Waals surface area (Å²) in [5.41, 5.74) is 12.6. The molecule has 20 heavy (non-hydrogen) atoms. The number of carbonyl (C=O) groups is 1. The summed E-state index contributed by atoms with van der Waals surface area (Å²) in [5.74, 6) is 0.365. The van der Waals surface area contributed by atoms with Crippen LogP contribution in [0.3, 0.4) is 0 Å². The molecule has 2 aromatic rings. The van der Waals surface area contributed by atoms with Gasteiger partial charge in [0.25, 0.3) is 0 Å². The van der Waals surface area contributed by atoms with Gasteiger partial charge in [-0.05, 0) is 43.3 Å². The molecule has 0 bridgehead atoms. The van der Waals surface area contributed by atoms with Crippen LogP contribution in [0.5, 0.6) is 11.6 Å². The molecule has 0 saturated carbocycles. The summed E-state index contributed by atoms with van der Waals surface area (Å²) in [7, 11) is 0. The van der Waals surface area contributed by atoms with Crippen LogP contribution in [-0.4, -0.2) is 15.9 Å². The monoisotopic (exact) mass is 287 g/mol. The lowest BCUT2D eigenvalue weighted by Gasteiger charge is -2.10. The average Bonchev–Trinajstić information content (AvgIpc) is 2.39. The van der Waals surface area contributed by atoms with E-state index >= 15 is 0 Å². The maximum atomic E-state index is 11.0. The molecular weight excluding hydrogens is 274 g/mol. The van der Waals surface area contributed by atoms with Crippen LogP contribution in [-0.2, 0) is 0 Å². The molecule has 4 N–H and O–H groups in total. The largest absolute Gasteiger partial charge is 0.438 e. The van der Waals surface area contributed by atoms with Crippen LogP contribution in [0.15, 0.2) is 36.4 Å². The number of nitrogens with two attached hydrogens (primary N) is 2. The van der Waals surface area contributed by atoms with Gasteiger partial charge < -0.3 is 16.2 Å². The molecule has 5 nitrogen and oxygen atoms in total. The zero-order chi connectivity index (χ0) is 14.7. The number of carbonyl (C=O) groups excluding carboxylic acids is 1. The van der Waals surface area contributed by atoms with Gasteiger partial charge in [0.1, 0.15) is 10.7 Å². The number of thiocarbonyl (C=S) groups is 1. The number of ether oxygens (including phenoxy) is 1. The number of rotatable bonds is 4. The third-order valence-corrected chi connectivity index (χ3v) is 2.84. The van der Waals surface area contributed by atoms with Crippen LogP contribution >= 0.6 is 12.2 Å². The molecule has 102 valence electrons. The smallest absolute Gasteiger partial charge is 0.248 e. The van der Waals surface area contributed by atoms with Gasteiger partial charge in [-0.3, -0.25) is 4.79 Å². The summed E-state index contributed by atoms with van der Waals surface area (Å²) < 4.78 is 5.66. The van der Waals surface area contributed by atoms with Crippen molar-refractivity contribution in [2.75, 3.05) is 0 Å². The molecule has 1 aromatic heterocycles. The summed E-state index contributed by atoms with van der Waals surface area (Å²) in [5, 5.41) is 0. The minimum atomic E-state index is -0.492. The van der Waals surface area contributed by atoms with Crippen molar-refractivity contribution in [3.05, 3.63) is 53.2 Å². The van der Waals surface area contributed by atoms with E-state index < -0.39 is 5.91 Å². The Bertz CT molecular complexity index is 669. The zero-order valence-corrected chi connectivity index (χ0v) is 11.6. The van der Waals surface area contributed by atoms with E-state index in [9.17, 15) is 4.79 Å². The number of pyridine rings is 1. The zero-order valence-electron chi connectivity index (χ0n) is 10.8. The van der Waals surface area contributed by atoms with Gasteiger partial charge in [0.15, 0.2) is 0 Å². The van der Waals surface area contributed by atoms with E-state index in [-0.39, 0.29) is 4.99 Å². The lowest BCUT2D eigenvalue weighted by atomic mass is 10.2. The fourth-order valence-corrected chi connectivity index (χ4v) is 1.75. The Morgan fingerprint density at radius 1 is 1.15 bits per heavy atom. The van der Waals surface area contributed by atoms with Crippen LogP contribution < -0.4 is 16.2 Å². The predicted octanol–water partition coefficient (Wildman–Crippen LogP) is 1.92. The number of aryl methyl sites for hydroxylation is 1. The van der Waals surface area contributed by atoms with Crippen molar-refractivity contribution in [2.45, 2.75) is 6.92 Å². The van der Waals surface area contributed by atoms with Crippen molar-refractivity contribution >= 4 is 23.1 Å². The number of primary amides is 1. The minimum Gasteiger partial charge on any atom is -0.438 e. The van der Waals surface area contributed by atoms with Gasteiger partial charge in [0, 0.05) is 11.3 Å². The molecule has 6 heteroatoms. The summed E-state index contributed by atoms with van der Waals surface area (Å²) in [6.07, 6.45) is 0. The average molecular weight is 287 g/mol. The highest BCUT2D eigenvalue weighted by molar-refractivity contribution is 7.80. The fraction of sp³-hybridized carbons (Fsp3) is 0.0714. The molecule has 1 aromatic carbocycles. The second-order valence-electron chi connectivity index (χ2n) is 4.16. The molecule has 2 rings (SSSR count). The van der Waals surface area contributed by atoms with E-state index in [2.05, 4.69) is 4.98 Å². The van der Waals surface area contributed by atoms with Crippen LogP contribution in [0, 0.1) is 6.92 Å². The Hall–Kier alpha value is -2.47. The van der Waals surface area contributed by atoms with Crippen molar-refractivity contribution in [1.82, 2.24) is 4.98 Å². The summed E-state index contributed by atoms with van der Waals surface area (Å²) in [6, 6.07) is 9.98. The van der Waals surface area contributed by atoms with E-state index in [0.29, 0.717) is 22.8 Å². The summed E-state index contributed by atoms with van der Waals surface area (Å²) >= 11 is 4.96. The van der Waals surface area contributed by atoms with Gasteiger partial charge in [-0.25, -0.2) is 4.98 Å². The molecule has 0 radical (unpaired) electrons. The van der Waals surface area contributed by atoms with Gasteiger partial charge >= 0.3 is 0 Å². The molecule has 0 aliphatic heterocycles. The number of hydrogen-bond acceptors (Lipinski definition) is 4. The number of amides is 1. The Kier molecular flexibility index (Phi) is 3.95. The van der Waals surface area contributed by atoms with Crippen molar-refractivity contribution in [2.24, 2.45) is 11.5 Å². The van der Waals surface area contributed by atoms with Crippen LogP contribution in [0.25, 0.3) is 0 Å². The van der Waals surface area contributed by atoms with Crippen molar-refractivity contribution < 1.29 is 9.53 Å². The second-order valence-corrected chi connectivity index (χ2v) is 4.60. The van der Waals surface area contributed by atoms with Gasteiger partial charge in [0.05, 0.1) is 5.56 Å². The molecular formula is C14H13N3O2S. The van der Waals surface area contributed by atoms with E-state index in [1.54, 1.807) is 36.4 Å². The van der Waals surface area contributed by atoms with Gasteiger partial charge in [-0.1, -0.05) is 12.2 Å². The first-order valence-corrected chi connectivity index (χ1v) is 6.23. The van der Waals surface area contributed by atoms with E-state index in [0.717, 1.165) is 5.69 Å². The van der Waals surface area contributed by atoms with E-state index in [1.165, 1.54) is 0 Å². The highest BCUT2D eigenvalue weighted by atomic mass is 32.1. The highest BCUT2D eigenvalue weighted by Gasteiger charge is 2.10. The van der Waals surface area contributed by atoms with E-state index in [4.69, 9.17) is 28.4 Å². The predicted molar refractivity (Wildman–Crippen MR) is 79.9 cm³/mol. The molecule has 0 atom stereocenters. The Labute approximate surface area is 121 Å². The molecule has 0 saturated heterocycles. The van der Waals surface area contributed by atoms with Crippen molar-refractivity contribution in [1.29, 1.82) is 0 Å². The number of nitrogens with zero attached hydrogens (tertiary/aromatic N) is 1. The first-order valence-electron chi connectivity index (χ1n) is 5.82. The first-order chi connectivity index (χ1) is 9.47. The Morgan fingerprint density at radius 3 is 2.35 bits per heavy atom. The normalized spacial score (nSPS) is 10.1. The highest BCUT2D eigenvalue weighted by Crippen LogP contribution is 2.24. The molecule has 1 heterocycles. The van der Waals surface area contributed by atoms with Crippen LogP contribution in [0.4, 0.5) is 0 Å². The lowest BCUT2D eigenvalue weighted by molar-refractivity contribution is 0.100. The van der Waals surface area contributed by atoms with Crippen LogP contribution in [0.2, 0.25) is 0 Å². The van der Waals surface area contributed by atoms with Gasteiger partial charge in [-0.15, -0.1) is 0 Å². The molecule has 1 amide bonds. The quantitative estimate of drug-likeness (QED) is 0.838. The lowest BCUT2D eigenvalue weighted by Crippen LogP contribution is -2.12. The van der Waals surface area contributed by atoms with Crippen LogP contribution in [0.1, 0.15) is 21.6 Å². The summed E-state index contributed by atoms with van der Waals surface area (Å²) in [4.78, 5) is 15.5. The number of aromatic nitrogens is 1.